The molecule has 4 rings (SSSR count). The molecule has 1 saturated heterocycles. The highest BCUT2D eigenvalue weighted by Crippen LogP contribution is 2.40. The minimum atomic E-state index is -0.698. The van der Waals surface area contributed by atoms with E-state index in [0.717, 1.165) is 16.7 Å². The van der Waals surface area contributed by atoms with Crippen LogP contribution in [0, 0.1) is 6.92 Å². The molecule has 2 aromatic carbocycles. The summed E-state index contributed by atoms with van der Waals surface area (Å²) in [5.41, 5.74) is 2.91. The van der Waals surface area contributed by atoms with Crippen molar-refractivity contribution in [1.29, 1.82) is 0 Å². The van der Waals surface area contributed by atoms with Gasteiger partial charge in [0.05, 0.1) is 18.7 Å². The standard InChI is InChI=1S/C25H22N2O4/c1-16-14-19(31-2)8-9-20(16)23(28)21-22(18-6-4-3-5-7-18)27(25(30)24(21)29)15-17-10-12-26-13-11-17/h3-14,22,28H,15H2,1-2H3/b23-21-. The van der Waals surface area contributed by atoms with Crippen LogP contribution in [0.15, 0.2) is 78.6 Å². The molecule has 1 aliphatic heterocycles. The number of hydrogen-bond donors (Lipinski definition) is 1. The van der Waals surface area contributed by atoms with Crippen LogP contribution in [0.3, 0.4) is 0 Å². The van der Waals surface area contributed by atoms with Crippen LogP contribution in [0.4, 0.5) is 0 Å². The second-order valence-corrected chi connectivity index (χ2v) is 7.37. The first-order valence-corrected chi connectivity index (χ1v) is 9.88. The number of likely N-dealkylation sites (tertiary alicyclic amines) is 1. The smallest absolute Gasteiger partial charge is 0.295 e. The van der Waals surface area contributed by atoms with Gasteiger partial charge in [-0.3, -0.25) is 14.6 Å². The molecule has 1 aliphatic rings. The van der Waals surface area contributed by atoms with E-state index >= 15 is 0 Å². The summed E-state index contributed by atoms with van der Waals surface area (Å²) in [7, 11) is 1.56. The third kappa shape index (κ3) is 3.80. The molecule has 1 amide bonds. The average Bonchev–Trinajstić information content (AvgIpc) is 3.04. The molecular formula is C25H22N2O4. The summed E-state index contributed by atoms with van der Waals surface area (Å²) in [6.45, 7) is 2.05. The largest absolute Gasteiger partial charge is 0.507 e. The number of carbonyl (C=O) groups excluding carboxylic acids is 2. The lowest BCUT2D eigenvalue weighted by atomic mass is 9.94. The Morgan fingerprint density at radius 1 is 1.06 bits per heavy atom. The molecule has 156 valence electrons. The van der Waals surface area contributed by atoms with Crippen molar-refractivity contribution in [2.45, 2.75) is 19.5 Å². The van der Waals surface area contributed by atoms with Crippen molar-refractivity contribution in [1.82, 2.24) is 9.88 Å². The quantitative estimate of drug-likeness (QED) is 0.388. The Hall–Kier alpha value is -3.93. The van der Waals surface area contributed by atoms with E-state index in [1.165, 1.54) is 4.90 Å². The first-order valence-electron chi connectivity index (χ1n) is 9.88. The molecule has 2 heterocycles. The minimum absolute atomic E-state index is 0.0820. The fourth-order valence-electron chi connectivity index (χ4n) is 3.88. The van der Waals surface area contributed by atoms with Gasteiger partial charge in [0, 0.05) is 24.5 Å². The van der Waals surface area contributed by atoms with Gasteiger partial charge in [0.2, 0.25) is 0 Å². The highest BCUT2D eigenvalue weighted by Gasteiger charge is 2.46. The summed E-state index contributed by atoms with van der Waals surface area (Å²) < 4.78 is 5.24. The van der Waals surface area contributed by atoms with Gasteiger partial charge in [-0.1, -0.05) is 30.3 Å². The lowest BCUT2D eigenvalue weighted by Crippen LogP contribution is -2.29. The number of ether oxygens (including phenoxy) is 1. The number of ketones is 1. The highest BCUT2D eigenvalue weighted by atomic mass is 16.5. The zero-order valence-electron chi connectivity index (χ0n) is 17.3. The SMILES string of the molecule is COc1ccc(/C(O)=C2/C(=O)C(=O)N(Cc3ccncc3)C2c2ccccc2)c(C)c1. The van der Waals surface area contributed by atoms with Crippen molar-refractivity contribution in [3.05, 3.63) is 101 Å². The maximum atomic E-state index is 13.1. The molecule has 0 aliphatic carbocycles. The van der Waals surface area contributed by atoms with E-state index in [1.54, 1.807) is 49.8 Å². The third-order valence-electron chi connectivity index (χ3n) is 5.45. The summed E-state index contributed by atoms with van der Waals surface area (Å²) in [4.78, 5) is 31.6. The predicted molar refractivity (Wildman–Crippen MR) is 116 cm³/mol. The Morgan fingerprint density at radius 2 is 1.77 bits per heavy atom. The van der Waals surface area contributed by atoms with E-state index in [9.17, 15) is 14.7 Å². The number of aliphatic hydroxyl groups is 1. The summed E-state index contributed by atoms with van der Waals surface area (Å²) in [5.74, 6) is -0.884. The Bertz CT molecular complexity index is 1160. The molecule has 31 heavy (non-hydrogen) atoms. The van der Waals surface area contributed by atoms with Crippen molar-refractivity contribution in [3.8, 4) is 5.75 Å². The first kappa shape index (κ1) is 20.3. The zero-order valence-corrected chi connectivity index (χ0v) is 17.3. The zero-order chi connectivity index (χ0) is 22.0. The van der Waals surface area contributed by atoms with Crippen LogP contribution in [0.5, 0.6) is 5.75 Å². The van der Waals surface area contributed by atoms with Crippen LogP contribution in [-0.4, -0.2) is 33.8 Å². The number of carbonyl (C=O) groups is 2. The molecule has 6 nitrogen and oxygen atoms in total. The maximum absolute atomic E-state index is 13.1. The molecule has 1 N–H and O–H groups in total. The van der Waals surface area contributed by atoms with Gasteiger partial charge in [0.25, 0.3) is 11.7 Å². The molecule has 1 atom stereocenters. The summed E-state index contributed by atoms with van der Waals surface area (Å²) in [6, 6.07) is 17.4. The number of benzene rings is 2. The number of aryl methyl sites for hydroxylation is 1. The van der Waals surface area contributed by atoms with Gasteiger partial charge < -0.3 is 14.7 Å². The fourth-order valence-corrected chi connectivity index (χ4v) is 3.88. The Kier molecular flexibility index (Phi) is 5.54. The Morgan fingerprint density at radius 3 is 2.42 bits per heavy atom. The lowest BCUT2D eigenvalue weighted by Gasteiger charge is -2.25. The monoisotopic (exact) mass is 414 g/mol. The van der Waals surface area contributed by atoms with Gasteiger partial charge in [-0.05, 0) is 53.9 Å². The number of pyridine rings is 1. The van der Waals surface area contributed by atoms with Gasteiger partial charge in [0.15, 0.2) is 0 Å². The van der Waals surface area contributed by atoms with Crippen LogP contribution in [0.1, 0.15) is 28.3 Å². The van der Waals surface area contributed by atoms with Gasteiger partial charge in [-0.2, -0.15) is 0 Å². The van der Waals surface area contributed by atoms with Gasteiger partial charge in [-0.25, -0.2) is 0 Å². The second-order valence-electron chi connectivity index (χ2n) is 7.37. The first-order chi connectivity index (χ1) is 15.0. The van der Waals surface area contributed by atoms with Crippen LogP contribution in [-0.2, 0) is 16.1 Å². The number of Topliss-reactive ketones (excluding diaryl/α,β-unsaturated/α-hetero) is 1. The maximum Gasteiger partial charge on any atom is 0.295 e. The third-order valence-corrected chi connectivity index (χ3v) is 5.45. The van der Waals surface area contributed by atoms with Gasteiger partial charge in [0.1, 0.15) is 11.5 Å². The Balaban J connectivity index is 1.86. The van der Waals surface area contributed by atoms with E-state index in [-0.39, 0.29) is 17.9 Å². The fraction of sp³-hybridized carbons (Fsp3) is 0.160. The number of aliphatic hydroxyl groups excluding tert-OH is 1. The van der Waals surface area contributed by atoms with Crippen molar-refractivity contribution in [3.63, 3.8) is 0 Å². The number of amides is 1. The summed E-state index contributed by atoms with van der Waals surface area (Å²) in [6.07, 6.45) is 3.29. The van der Waals surface area contributed by atoms with E-state index in [1.807, 2.05) is 37.3 Å². The van der Waals surface area contributed by atoms with E-state index in [2.05, 4.69) is 4.98 Å². The molecule has 0 saturated carbocycles. The highest BCUT2D eigenvalue weighted by molar-refractivity contribution is 6.46. The van der Waals surface area contributed by atoms with Crippen LogP contribution in [0.25, 0.3) is 5.76 Å². The van der Waals surface area contributed by atoms with E-state index < -0.39 is 17.7 Å². The van der Waals surface area contributed by atoms with Crippen LogP contribution < -0.4 is 4.74 Å². The number of methoxy groups -OCH3 is 1. The van der Waals surface area contributed by atoms with Crippen molar-refractivity contribution in [2.24, 2.45) is 0 Å². The van der Waals surface area contributed by atoms with Gasteiger partial charge in [-0.15, -0.1) is 0 Å². The van der Waals surface area contributed by atoms with E-state index in [0.29, 0.717) is 11.3 Å². The second kappa shape index (κ2) is 8.44. The summed E-state index contributed by atoms with van der Waals surface area (Å²) >= 11 is 0. The van der Waals surface area contributed by atoms with E-state index in [4.69, 9.17) is 4.74 Å². The molecule has 0 radical (unpaired) electrons. The van der Waals surface area contributed by atoms with Crippen molar-refractivity contribution < 1.29 is 19.4 Å². The molecule has 0 bridgehead atoms. The molecular weight excluding hydrogens is 392 g/mol. The molecule has 0 spiro atoms. The average molecular weight is 414 g/mol. The number of nitrogens with zero attached hydrogens (tertiary/aromatic N) is 2. The van der Waals surface area contributed by atoms with Crippen LogP contribution in [0.2, 0.25) is 0 Å². The molecule has 1 fully saturated rings. The lowest BCUT2D eigenvalue weighted by molar-refractivity contribution is -0.140. The molecule has 6 heteroatoms. The van der Waals surface area contributed by atoms with Crippen molar-refractivity contribution in [2.75, 3.05) is 7.11 Å². The number of hydrogen-bond acceptors (Lipinski definition) is 5. The number of aromatic nitrogens is 1. The minimum Gasteiger partial charge on any atom is -0.507 e. The van der Waals surface area contributed by atoms with Crippen LogP contribution >= 0.6 is 0 Å². The molecule has 1 unspecified atom stereocenters. The normalized spacial score (nSPS) is 17.7. The molecule has 3 aromatic rings. The number of rotatable bonds is 5. The van der Waals surface area contributed by atoms with Gasteiger partial charge >= 0.3 is 0 Å². The summed E-state index contributed by atoms with van der Waals surface area (Å²) in [5, 5.41) is 11.2. The topological polar surface area (TPSA) is 79.7 Å². The predicted octanol–water partition coefficient (Wildman–Crippen LogP) is 4.02. The molecule has 1 aromatic heterocycles. The van der Waals surface area contributed by atoms with Crippen molar-refractivity contribution >= 4 is 17.4 Å². The Labute approximate surface area is 180 Å².